The van der Waals surface area contributed by atoms with Crippen molar-refractivity contribution in [1.29, 1.82) is 0 Å². The van der Waals surface area contributed by atoms with Gasteiger partial charge in [-0.1, -0.05) is 23.4 Å². The summed E-state index contributed by atoms with van der Waals surface area (Å²) in [5.41, 5.74) is 2.66. The number of rotatable bonds is 4. The van der Waals surface area contributed by atoms with Crippen LogP contribution in [0.5, 0.6) is 5.75 Å². The molecule has 20 heavy (non-hydrogen) atoms. The quantitative estimate of drug-likeness (QED) is 0.526. The molecule has 4 nitrogen and oxygen atoms in total. The summed E-state index contributed by atoms with van der Waals surface area (Å²) in [5, 5.41) is 12.7. The molecule has 0 unspecified atom stereocenters. The van der Waals surface area contributed by atoms with E-state index in [9.17, 15) is 5.21 Å². The maximum absolute atomic E-state index is 9.26. The van der Waals surface area contributed by atoms with Crippen molar-refractivity contribution in [2.24, 2.45) is 11.1 Å². The zero-order chi connectivity index (χ0) is 13.9. The van der Waals surface area contributed by atoms with Gasteiger partial charge in [-0.2, -0.15) is 0 Å². The Balaban J connectivity index is 1.77. The average molecular weight is 268 g/mol. The van der Waals surface area contributed by atoms with E-state index in [1.54, 1.807) is 13.3 Å². The Morgan fingerprint density at radius 2 is 2.05 bits per heavy atom. The molecule has 1 saturated carbocycles. The summed E-state index contributed by atoms with van der Waals surface area (Å²) in [6, 6.07) is 13.7. The van der Waals surface area contributed by atoms with E-state index in [2.05, 4.69) is 22.3 Å². The van der Waals surface area contributed by atoms with Gasteiger partial charge in [-0.05, 0) is 42.2 Å². The number of aromatic nitrogens is 1. The zero-order valence-corrected chi connectivity index (χ0v) is 11.2. The Bertz CT molecular complexity index is 608. The van der Waals surface area contributed by atoms with Gasteiger partial charge in [0.1, 0.15) is 11.5 Å². The zero-order valence-electron chi connectivity index (χ0n) is 11.2. The van der Waals surface area contributed by atoms with Gasteiger partial charge < -0.3 is 9.94 Å². The molecule has 102 valence electrons. The topological polar surface area (TPSA) is 54.7 Å². The van der Waals surface area contributed by atoms with E-state index < -0.39 is 0 Å². The van der Waals surface area contributed by atoms with Crippen LogP contribution in [0.25, 0.3) is 0 Å². The third kappa shape index (κ3) is 2.37. The third-order valence-electron chi connectivity index (χ3n) is 3.72. The maximum atomic E-state index is 9.26. The van der Waals surface area contributed by atoms with E-state index in [4.69, 9.17) is 4.74 Å². The number of benzene rings is 1. The summed E-state index contributed by atoms with van der Waals surface area (Å²) in [6.07, 6.45) is 2.70. The first-order chi connectivity index (χ1) is 9.83. The molecule has 1 aliphatic rings. The fourth-order valence-corrected chi connectivity index (χ4v) is 2.55. The molecule has 1 heterocycles. The highest BCUT2D eigenvalue weighted by molar-refractivity contribution is 6.02. The van der Waals surface area contributed by atoms with Gasteiger partial charge in [-0.15, -0.1) is 0 Å². The molecule has 1 aromatic carbocycles. The van der Waals surface area contributed by atoms with Crippen LogP contribution in [-0.4, -0.2) is 23.0 Å². The van der Waals surface area contributed by atoms with Crippen molar-refractivity contribution in [3.8, 4) is 5.75 Å². The van der Waals surface area contributed by atoms with E-state index in [1.807, 2.05) is 30.3 Å². The summed E-state index contributed by atoms with van der Waals surface area (Å²) in [4.78, 5) is 4.26. The molecule has 0 radical (unpaired) electrons. The molecule has 0 spiro atoms. The van der Waals surface area contributed by atoms with Crippen molar-refractivity contribution in [2.75, 3.05) is 7.11 Å². The molecule has 2 atom stereocenters. The first kappa shape index (κ1) is 12.7. The SMILES string of the molecule is COc1ccc([C@@H]2C[C@@H]2/C(=N\O)c2ccccn2)cc1. The van der Waals surface area contributed by atoms with Crippen LogP contribution in [-0.2, 0) is 0 Å². The molecule has 1 aliphatic carbocycles. The van der Waals surface area contributed by atoms with Crippen LogP contribution >= 0.6 is 0 Å². The van der Waals surface area contributed by atoms with E-state index in [0.29, 0.717) is 11.6 Å². The van der Waals surface area contributed by atoms with Crippen molar-refractivity contribution in [1.82, 2.24) is 4.98 Å². The van der Waals surface area contributed by atoms with Crippen LogP contribution in [0.2, 0.25) is 0 Å². The van der Waals surface area contributed by atoms with E-state index >= 15 is 0 Å². The summed E-state index contributed by atoms with van der Waals surface area (Å²) < 4.78 is 5.16. The number of nitrogens with zero attached hydrogens (tertiary/aromatic N) is 2. The van der Waals surface area contributed by atoms with Gasteiger partial charge in [0.05, 0.1) is 12.8 Å². The molecular formula is C16H16N2O2. The van der Waals surface area contributed by atoms with Crippen molar-refractivity contribution < 1.29 is 9.94 Å². The van der Waals surface area contributed by atoms with Crippen molar-refractivity contribution in [2.45, 2.75) is 12.3 Å². The number of ether oxygens (including phenoxy) is 1. The standard InChI is InChI=1S/C16H16N2O2/c1-20-12-7-5-11(6-8-12)13-10-14(13)16(18-19)15-4-2-3-9-17-15/h2-9,13-14,19H,10H2,1H3/b18-16+/t13-,14-/m0/s1. The Morgan fingerprint density at radius 1 is 1.25 bits per heavy atom. The van der Waals surface area contributed by atoms with Gasteiger partial charge in [0.15, 0.2) is 0 Å². The highest BCUT2D eigenvalue weighted by Gasteiger charge is 2.43. The fraction of sp³-hybridized carbons (Fsp3) is 0.250. The number of pyridine rings is 1. The van der Waals surface area contributed by atoms with Crippen molar-refractivity contribution >= 4 is 5.71 Å². The second-order valence-corrected chi connectivity index (χ2v) is 4.92. The number of methoxy groups -OCH3 is 1. The van der Waals surface area contributed by atoms with Gasteiger partial charge in [-0.3, -0.25) is 4.98 Å². The lowest BCUT2D eigenvalue weighted by molar-refractivity contribution is 0.317. The first-order valence-corrected chi connectivity index (χ1v) is 6.61. The lowest BCUT2D eigenvalue weighted by Crippen LogP contribution is -2.07. The van der Waals surface area contributed by atoms with Crippen LogP contribution in [0.15, 0.2) is 53.8 Å². The van der Waals surface area contributed by atoms with Gasteiger partial charge in [-0.25, -0.2) is 0 Å². The molecule has 2 aromatic rings. The predicted molar refractivity (Wildman–Crippen MR) is 76.4 cm³/mol. The van der Waals surface area contributed by atoms with Crippen LogP contribution in [0.3, 0.4) is 0 Å². The summed E-state index contributed by atoms with van der Waals surface area (Å²) in [7, 11) is 1.66. The Kier molecular flexibility index (Phi) is 3.37. The number of hydrogen-bond donors (Lipinski definition) is 1. The third-order valence-corrected chi connectivity index (χ3v) is 3.72. The smallest absolute Gasteiger partial charge is 0.118 e. The molecule has 1 N–H and O–H groups in total. The second kappa shape index (κ2) is 5.33. The van der Waals surface area contributed by atoms with Gasteiger partial charge in [0.25, 0.3) is 0 Å². The monoisotopic (exact) mass is 268 g/mol. The summed E-state index contributed by atoms with van der Waals surface area (Å²) in [5.74, 6) is 1.49. The van der Waals surface area contributed by atoms with Crippen LogP contribution in [0.4, 0.5) is 0 Å². The Hall–Kier alpha value is -2.36. The van der Waals surface area contributed by atoms with Gasteiger partial charge >= 0.3 is 0 Å². The molecule has 1 fully saturated rings. The molecular weight excluding hydrogens is 252 g/mol. The molecule has 3 rings (SSSR count). The first-order valence-electron chi connectivity index (χ1n) is 6.61. The van der Waals surface area contributed by atoms with Crippen LogP contribution in [0.1, 0.15) is 23.6 Å². The fourth-order valence-electron chi connectivity index (χ4n) is 2.55. The normalized spacial score (nSPS) is 21.6. The van der Waals surface area contributed by atoms with Crippen molar-refractivity contribution in [3.63, 3.8) is 0 Å². The molecule has 1 aromatic heterocycles. The maximum Gasteiger partial charge on any atom is 0.118 e. The van der Waals surface area contributed by atoms with Gasteiger partial charge in [0, 0.05) is 12.1 Å². The minimum atomic E-state index is 0.239. The minimum absolute atomic E-state index is 0.239. The summed E-state index contributed by atoms with van der Waals surface area (Å²) in [6.45, 7) is 0. The molecule has 0 aliphatic heterocycles. The van der Waals surface area contributed by atoms with Crippen LogP contribution in [0, 0.1) is 5.92 Å². The molecule has 0 bridgehead atoms. The second-order valence-electron chi connectivity index (χ2n) is 4.92. The van der Waals surface area contributed by atoms with Crippen LogP contribution < -0.4 is 4.74 Å². The van der Waals surface area contributed by atoms with E-state index in [0.717, 1.165) is 17.9 Å². The molecule has 0 saturated heterocycles. The molecule has 4 heteroatoms. The van der Waals surface area contributed by atoms with Crippen molar-refractivity contribution in [3.05, 3.63) is 59.9 Å². The van der Waals surface area contributed by atoms with E-state index in [-0.39, 0.29) is 5.92 Å². The largest absolute Gasteiger partial charge is 0.497 e. The predicted octanol–water partition coefficient (Wildman–Crippen LogP) is 3.07. The van der Waals surface area contributed by atoms with Gasteiger partial charge in [0.2, 0.25) is 0 Å². The lowest BCUT2D eigenvalue weighted by Gasteiger charge is -2.04. The minimum Gasteiger partial charge on any atom is -0.497 e. The highest BCUT2D eigenvalue weighted by Crippen LogP contribution is 2.49. The lowest BCUT2D eigenvalue weighted by atomic mass is 10.1. The van der Waals surface area contributed by atoms with E-state index in [1.165, 1.54) is 5.56 Å². The average Bonchev–Trinajstić information content (AvgIpc) is 3.30. The Morgan fingerprint density at radius 3 is 2.65 bits per heavy atom. The number of hydrogen-bond acceptors (Lipinski definition) is 4. The Labute approximate surface area is 117 Å². The number of oxime groups is 1. The molecule has 0 amide bonds. The summed E-state index contributed by atoms with van der Waals surface area (Å²) >= 11 is 0. The highest BCUT2D eigenvalue weighted by atomic mass is 16.5.